The molecule has 0 saturated heterocycles. The van der Waals surface area contributed by atoms with Gasteiger partial charge in [0, 0.05) is 11.6 Å². The summed E-state index contributed by atoms with van der Waals surface area (Å²) in [5.41, 5.74) is 2.60. The summed E-state index contributed by atoms with van der Waals surface area (Å²) in [6, 6.07) is 16.6. The molecule has 2 aromatic rings. The smallest absolute Gasteiger partial charge is 0.118 e. The number of aliphatic hydroxyl groups excluding tert-OH is 1. The molecule has 0 unspecified atom stereocenters. The first-order chi connectivity index (χ1) is 8.78. The van der Waals surface area contributed by atoms with Gasteiger partial charge in [0.15, 0.2) is 0 Å². The molecule has 2 aromatic carbocycles. The Morgan fingerprint density at radius 2 is 1.67 bits per heavy atom. The average Bonchev–Trinajstić information content (AvgIpc) is 2.42. The maximum absolute atomic E-state index is 7.00. The van der Waals surface area contributed by atoms with Crippen LogP contribution in [-0.4, -0.2) is 19.3 Å². The van der Waals surface area contributed by atoms with Crippen molar-refractivity contribution in [2.24, 2.45) is 0 Å². The number of ether oxygens (including phenoxy) is 1. The summed E-state index contributed by atoms with van der Waals surface area (Å²) in [6.45, 7) is 0. The van der Waals surface area contributed by atoms with E-state index in [1.807, 2.05) is 18.2 Å². The van der Waals surface area contributed by atoms with E-state index in [0.717, 1.165) is 23.8 Å². The van der Waals surface area contributed by atoms with Gasteiger partial charge in [-0.1, -0.05) is 40.2 Å². The number of rotatable bonds is 3. The van der Waals surface area contributed by atoms with Gasteiger partial charge in [-0.15, -0.1) is 0 Å². The van der Waals surface area contributed by atoms with Crippen molar-refractivity contribution < 1.29 is 9.84 Å². The second-order valence-corrected chi connectivity index (χ2v) is 4.57. The molecule has 0 fully saturated rings. The molecule has 0 aliphatic carbocycles. The second kappa shape index (κ2) is 7.90. The van der Waals surface area contributed by atoms with Crippen LogP contribution in [0, 0.1) is 0 Å². The Morgan fingerprint density at radius 3 is 2.22 bits per heavy atom. The van der Waals surface area contributed by atoms with E-state index < -0.39 is 0 Å². The lowest BCUT2D eigenvalue weighted by Gasteiger charge is -2.04. The van der Waals surface area contributed by atoms with Crippen LogP contribution in [-0.2, 0) is 6.42 Å². The largest absolute Gasteiger partial charge is 0.497 e. The van der Waals surface area contributed by atoms with Crippen molar-refractivity contribution in [1.82, 2.24) is 0 Å². The summed E-state index contributed by atoms with van der Waals surface area (Å²) in [4.78, 5) is 0. The van der Waals surface area contributed by atoms with E-state index in [1.54, 1.807) is 7.11 Å². The molecule has 2 rings (SSSR count). The lowest BCUT2D eigenvalue weighted by Crippen LogP contribution is -1.88. The van der Waals surface area contributed by atoms with Gasteiger partial charge in [-0.05, 0) is 41.8 Å². The first-order valence-corrected chi connectivity index (χ1v) is 6.39. The minimum absolute atomic E-state index is 0.901. The van der Waals surface area contributed by atoms with E-state index >= 15 is 0 Å². The van der Waals surface area contributed by atoms with Crippen LogP contribution in [0.15, 0.2) is 53.0 Å². The lowest BCUT2D eigenvalue weighted by atomic mass is 10.1. The fourth-order valence-corrected chi connectivity index (χ4v) is 2.07. The third-order valence-electron chi connectivity index (χ3n) is 2.46. The molecule has 0 bridgehead atoms. The molecule has 0 spiro atoms. The van der Waals surface area contributed by atoms with Gasteiger partial charge in [0.1, 0.15) is 5.75 Å². The third kappa shape index (κ3) is 4.51. The molecule has 0 aliphatic heterocycles. The molecule has 18 heavy (non-hydrogen) atoms. The van der Waals surface area contributed by atoms with Crippen LogP contribution in [0.2, 0.25) is 0 Å². The third-order valence-corrected chi connectivity index (χ3v) is 2.95. The van der Waals surface area contributed by atoms with Crippen LogP contribution in [0.4, 0.5) is 0 Å². The summed E-state index contributed by atoms with van der Waals surface area (Å²) in [7, 11) is 2.68. The van der Waals surface area contributed by atoms with Crippen LogP contribution < -0.4 is 4.74 Å². The molecule has 3 heteroatoms. The van der Waals surface area contributed by atoms with Crippen LogP contribution in [0.3, 0.4) is 0 Å². The van der Waals surface area contributed by atoms with Gasteiger partial charge < -0.3 is 9.84 Å². The summed E-state index contributed by atoms with van der Waals surface area (Å²) < 4.78 is 6.25. The Balaban J connectivity index is 0.000000771. The van der Waals surface area contributed by atoms with Gasteiger partial charge >= 0.3 is 0 Å². The summed E-state index contributed by atoms with van der Waals surface area (Å²) >= 11 is 3.48. The Hall–Kier alpha value is -1.32. The van der Waals surface area contributed by atoms with Crippen molar-refractivity contribution >= 4 is 15.9 Å². The highest BCUT2D eigenvalue weighted by Gasteiger charge is 1.97. The van der Waals surface area contributed by atoms with Gasteiger partial charge in [-0.3, -0.25) is 0 Å². The molecule has 0 radical (unpaired) electrons. The van der Waals surface area contributed by atoms with Gasteiger partial charge in [-0.25, -0.2) is 0 Å². The quantitative estimate of drug-likeness (QED) is 0.937. The van der Waals surface area contributed by atoms with Crippen molar-refractivity contribution in [2.75, 3.05) is 14.2 Å². The fourth-order valence-electron chi connectivity index (χ4n) is 1.63. The minimum Gasteiger partial charge on any atom is -0.497 e. The van der Waals surface area contributed by atoms with E-state index in [2.05, 4.69) is 46.3 Å². The average molecular weight is 309 g/mol. The second-order valence-electron chi connectivity index (χ2n) is 3.65. The molecule has 0 aromatic heterocycles. The maximum atomic E-state index is 7.00. The van der Waals surface area contributed by atoms with Gasteiger partial charge in [0.05, 0.1) is 7.11 Å². The molecular weight excluding hydrogens is 292 g/mol. The Bertz CT molecular complexity index is 466. The van der Waals surface area contributed by atoms with Crippen molar-refractivity contribution in [3.8, 4) is 5.75 Å². The zero-order chi connectivity index (χ0) is 13.4. The molecule has 0 saturated carbocycles. The predicted octanol–water partition coefficient (Wildman–Crippen LogP) is 3.66. The SMILES string of the molecule is CO.COc1ccc(Cc2cccc(Br)c2)cc1. The van der Waals surface area contributed by atoms with Crippen molar-refractivity contribution in [3.05, 3.63) is 64.1 Å². The van der Waals surface area contributed by atoms with Crippen molar-refractivity contribution in [3.63, 3.8) is 0 Å². The monoisotopic (exact) mass is 308 g/mol. The van der Waals surface area contributed by atoms with Crippen LogP contribution >= 0.6 is 15.9 Å². The van der Waals surface area contributed by atoms with E-state index in [4.69, 9.17) is 9.84 Å². The van der Waals surface area contributed by atoms with Crippen LogP contribution in [0.1, 0.15) is 11.1 Å². The number of hydrogen-bond donors (Lipinski definition) is 1. The highest BCUT2D eigenvalue weighted by Crippen LogP contribution is 2.17. The van der Waals surface area contributed by atoms with E-state index in [-0.39, 0.29) is 0 Å². The summed E-state index contributed by atoms with van der Waals surface area (Å²) in [5.74, 6) is 0.901. The molecule has 0 aliphatic rings. The number of methoxy groups -OCH3 is 1. The van der Waals surface area contributed by atoms with Crippen molar-refractivity contribution in [1.29, 1.82) is 0 Å². The van der Waals surface area contributed by atoms with Crippen LogP contribution in [0.25, 0.3) is 0 Å². The Morgan fingerprint density at radius 1 is 1.00 bits per heavy atom. The lowest BCUT2D eigenvalue weighted by molar-refractivity contribution is 0.399. The van der Waals surface area contributed by atoms with E-state index in [9.17, 15) is 0 Å². The fraction of sp³-hybridized carbons (Fsp3) is 0.200. The first kappa shape index (κ1) is 14.7. The van der Waals surface area contributed by atoms with Gasteiger partial charge in [-0.2, -0.15) is 0 Å². The van der Waals surface area contributed by atoms with Crippen LogP contribution in [0.5, 0.6) is 5.75 Å². The highest BCUT2D eigenvalue weighted by atomic mass is 79.9. The van der Waals surface area contributed by atoms with E-state index in [1.165, 1.54) is 11.1 Å². The van der Waals surface area contributed by atoms with Crippen molar-refractivity contribution in [2.45, 2.75) is 6.42 Å². The number of benzene rings is 2. The maximum Gasteiger partial charge on any atom is 0.118 e. The molecule has 0 heterocycles. The molecule has 0 amide bonds. The number of halogens is 1. The highest BCUT2D eigenvalue weighted by molar-refractivity contribution is 9.10. The van der Waals surface area contributed by atoms with Gasteiger partial charge in [0.25, 0.3) is 0 Å². The first-order valence-electron chi connectivity index (χ1n) is 5.60. The summed E-state index contributed by atoms with van der Waals surface area (Å²) in [5, 5.41) is 7.00. The zero-order valence-electron chi connectivity index (χ0n) is 10.6. The Labute approximate surface area is 116 Å². The molecular formula is C15H17BrO2. The molecule has 1 N–H and O–H groups in total. The molecule has 96 valence electrons. The summed E-state index contributed by atoms with van der Waals surface area (Å²) in [6.07, 6.45) is 0.948. The topological polar surface area (TPSA) is 29.5 Å². The van der Waals surface area contributed by atoms with Gasteiger partial charge in [0.2, 0.25) is 0 Å². The molecule has 0 atom stereocenters. The number of aliphatic hydroxyl groups is 1. The Kier molecular flexibility index (Phi) is 6.47. The molecule has 2 nitrogen and oxygen atoms in total. The normalized spacial score (nSPS) is 9.33. The zero-order valence-corrected chi connectivity index (χ0v) is 12.1. The predicted molar refractivity (Wildman–Crippen MR) is 78.1 cm³/mol. The minimum atomic E-state index is 0.901. The van der Waals surface area contributed by atoms with E-state index in [0.29, 0.717) is 0 Å². The number of hydrogen-bond acceptors (Lipinski definition) is 2. The standard InChI is InChI=1S/C14H13BrO.CH4O/c1-16-14-7-5-11(6-8-14)9-12-3-2-4-13(15)10-12;1-2/h2-8,10H,9H2,1H3;2H,1H3.